The predicted molar refractivity (Wildman–Crippen MR) is 115 cm³/mol. The minimum atomic E-state index is -3.40. The first-order chi connectivity index (χ1) is 13.9. The van der Waals surface area contributed by atoms with Crippen LogP contribution in [0.3, 0.4) is 0 Å². The van der Waals surface area contributed by atoms with Gasteiger partial charge in [0.05, 0.1) is 12.8 Å². The summed E-state index contributed by atoms with van der Waals surface area (Å²) < 4.78 is 30.9. The van der Waals surface area contributed by atoms with Crippen LogP contribution in [0, 0.1) is 0 Å². The van der Waals surface area contributed by atoms with Crippen molar-refractivity contribution in [3.05, 3.63) is 84.4 Å². The van der Waals surface area contributed by atoms with E-state index in [1.54, 1.807) is 18.2 Å². The molecule has 0 heterocycles. The van der Waals surface area contributed by atoms with Crippen molar-refractivity contribution < 1.29 is 17.9 Å². The number of hydrogen-bond acceptors (Lipinski definition) is 4. The second-order valence-electron chi connectivity index (χ2n) is 6.42. The molecule has 0 saturated carbocycles. The van der Waals surface area contributed by atoms with E-state index in [9.17, 15) is 13.2 Å². The number of carbonyl (C=O) groups is 1. The molecule has 0 saturated heterocycles. The van der Waals surface area contributed by atoms with Gasteiger partial charge in [0.25, 0.3) is 5.91 Å². The van der Waals surface area contributed by atoms with Crippen LogP contribution in [0.5, 0.6) is 5.75 Å². The van der Waals surface area contributed by atoms with Crippen molar-refractivity contribution in [1.82, 2.24) is 5.32 Å². The molecule has 3 rings (SSSR count). The SMILES string of the molecule is CS(=O)(=O)Nc1cccc(C(=O)NCCOc2ccccc2-c2ccccc2)c1. The molecule has 6 nitrogen and oxygen atoms in total. The predicted octanol–water partition coefficient (Wildman–Crippen LogP) is 3.53. The molecule has 0 aromatic heterocycles. The fraction of sp³-hybridized carbons (Fsp3) is 0.136. The molecule has 0 spiro atoms. The smallest absolute Gasteiger partial charge is 0.251 e. The largest absolute Gasteiger partial charge is 0.491 e. The molecule has 150 valence electrons. The van der Waals surface area contributed by atoms with Crippen LogP contribution >= 0.6 is 0 Å². The van der Waals surface area contributed by atoms with Crippen molar-refractivity contribution in [2.75, 3.05) is 24.1 Å². The summed E-state index contributed by atoms with van der Waals surface area (Å²) in [7, 11) is -3.40. The van der Waals surface area contributed by atoms with Gasteiger partial charge < -0.3 is 10.1 Å². The number of carbonyl (C=O) groups excluding carboxylic acids is 1. The second kappa shape index (κ2) is 9.25. The maximum absolute atomic E-state index is 12.3. The minimum absolute atomic E-state index is 0.302. The van der Waals surface area contributed by atoms with Crippen LogP contribution in [0.4, 0.5) is 5.69 Å². The molecule has 7 heteroatoms. The van der Waals surface area contributed by atoms with Gasteiger partial charge in [0.1, 0.15) is 12.4 Å². The topological polar surface area (TPSA) is 84.5 Å². The molecule has 2 N–H and O–H groups in total. The number of hydrogen-bond donors (Lipinski definition) is 2. The van der Waals surface area contributed by atoms with E-state index in [1.165, 1.54) is 6.07 Å². The standard InChI is InChI=1S/C22H22N2O4S/c1-29(26,27)24-19-11-7-10-18(16-19)22(25)23-14-15-28-21-13-6-5-12-20(21)17-8-3-2-4-9-17/h2-13,16,24H,14-15H2,1H3,(H,23,25). The van der Waals surface area contributed by atoms with Crippen molar-refractivity contribution in [2.24, 2.45) is 0 Å². The van der Waals surface area contributed by atoms with E-state index < -0.39 is 10.0 Å². The van der Waals surface area contributed by atoms with Crippen LogP contribution in [0.15, 0.2) is 78.9 Å². The van der Waals surface area contributed by atoms with Gasteiger partial charge in [-0.15, -0.1) is 0 Å². The Kier molecular flexibility index (Phi) is 6.51. The van der Waals surface area contributed by atoms with Crippen LogP contribution in [0.2, 0.25) is 0 Å². The van der Waals surface area contributed by atoms with Gasteiger partial charge in [0.2, 0.25) is 10.0 Å². The van der Waals surface area contributed by atoms with Gasteiger partial charge in [-0.1, -0.05) is 54.6 Å². The first-order valence-corrected chi connectivity index (χ1v) is 10.9. The molecule has 0 aliphatic heterocycles. The molecule has 0 fully saturated rings. The molecular weight excluding hydrogens is 388 g/mol. The lowest BCUT2D eigenvalue weighted by molar-refractivity contribution is 0.0947. The number of anilines is 1. The highest BCUT2D eigenvalue weighted by Gasteiger charge is 2.09. The van der Waals surface area contributed by atoms with Gasteiger partial charge in [0, 0.05) is 16.8 Å². The first-order valence-electron chi connectivity index (χ1n) is 9.06. The molecule has 3 aromatic carbocycles. The second-order valence-corrected chi connectivity index (χ2v) is 8.17. The van der Waals surface area contributed by atoms with Crippen molar-refractivity contribution in [2.45, 2.75) is 0 Å². The van der Waals surface area contributed by atoms with E-state index in [-0.39, 0.29) is 5.91 Å². The van der Waals surface area contributed by atoms with Gasteiger partial charge in [-0.3, -0.25) is 9.52 Å². The summed E-state index contributed by atoms with van der Waals surface area (Å²) in [6, 6.07) is 24.0. The lowest BCUT2D eigenvalue weighted by Gasteiger charge is -2.12. The molecule has 0 bridgehead atoms. The highest BCUT2D eigenvalue weighted by atomic mass is 32.2. The normalized spacial score (nSPS) is 10.9. The third-order valence-electron chi connectivity index (χ3n) is 4.05. The molecule has 0 unspecified atom stereocenters. The average Bonchev–Trinajstić information content (AvgIpc) is 2.71. The first kappa shape index (κ1) is 20.4. The number of para-hydroxylation sites is 1. The summed E-state index contributed by atoms with van der Waals surface area (Å²) in [5.74, 6) is 0.439. The van der Waals surface area contributed by atoms with E-state index >= 15 is 0 Å². The molecular formula is C22H22N2O4S. The molecule has 0 atom stereocenters. The summed E-state index contributed by atoms with van der Waals surface area (Å²) in [5.41, 5.74) is 2.75. The van der Waals surface area contributed by atoms with Crippen LogP contribution in [-0.2, 0) is 10.0 Å². The molecule has 1 amide bonds. The summed E-state index contributed by atoms with van der Waals surface area (Å²) in [6.07, 6.45) is 1.06. The quantitative estimate of drug-likeness (QED) is 0.557. The van der Waals surface area contributed by atoms with Crippen LogP contribution in [0.25, 0.3) is 11.1 Å². The average molecular weight is 410 g/mol. The maximum atomic E-state index is 12.3. The van der Waals surface area contributed by atoms with Crippen LogP contribution in [0.1, 0.15) is 10.4 Å². The van der Waals surface area contributed by atoms with E-state index in [1.807, 2.05) is 54.6 Å². The highest BCUT2D eigenvalue weighted by molar-refractivity contribution is 7.92. The zero-order valence-corrected chi connectivity index (χ0v) is 16.8. The zero-order valence-electron chi connectivity index (χ0n) is 16.0. The van der Waals surface area contributed by atoms with E-state index in [2.05, 4.69) is 10.0 Å². The van der Waals surface area contributed by atoms with Crippen molar-refractivity contribution in [3.63, 3.8) is 0 Å². The van der Waals surface area contributed by atoms with Gasteiger partial charge >= 0.3 is 0 Å². The Bertz CT molecular complexity index is 1080. The van der Waals surface area contributed by atoms with Gasteiger partial charge in [-0.2, -0.15) is 0 Å². The summed E-state index contributed by atoms with van der Waals surface area (Å²) in [6.45, 7) is 0.614. The van der Waals surface area contributed by atoms with Crippen molar-refractivity contribution >= 4 is 21.6 Å². The summed E-state index contributed by atoms with van der Waals surface area (Å²) in [4.78, 5) is 12.3. The Morgan fingerprint density at radius 3 is 2.41 bits per heavy atom. The van der Waals surface area contributed by atoms with E-state index in [4.69, 9.17) is 4.74 Å². The Hall–Kier alpha value is -3.32. The molecule has 29 heavy (non-hydrogen) atoms. The Morgan fingerprint density at radius 2 is 1.66 bits per heavy atom. The number of rotatable bonds is 8. The molecule has 0 aliphatic rings. The fourth-order valence-electron chi connectivity index (χ4n) is 2.81. The van der Waals surface area contributed by atoms with Crippen LogP contribution in [-0.4, -0.2) is 33.7 Å². The van der Waals surface area contributed by atoms with E-state index in [0.29, 0.717) is 24.4 Å². The molecule has 0 radical (unpaired) electrons. The number of benzene rings is 3. The summed E-state index contributed by atoms with van der Waals surface area (Å²) >= 11 is 0. The summed E-state index contributed by atoms with van der Waals surface area (Å²) in [5, 5.41) is 2.78. The maximum Gasteiger partial charge on any atom is 0.251 e. The Labute approximate surface area is 170 Å². The van der Waals surface area contributed by atoms with Gasteiger partial charge in [0.15, 0.2) is 0 Å². The Balaban J connectivity index is 1.57. The lowest BCUT2D eigenvalue weighted by atomic mass is 10.1. The van der Waals surface area contributed by atoms with E-state index in [0.717, 1.165) is 23.1 Å². The Morgan fingerprint density at radius 1 is 0.931 bits per heavy atom. The van der Waals surface area contributed by atoms with Gasteiger partial charge in [-0.05, 0) is 29.8 Å². The monoisotopic (exact) mass is 410 g/mol. The minimum Gasteiger partial charge on any atom is -0.491 e. The fourth-order valence-corrected chi connectivity index (χ4v) is 3.37. The van der Waals surface area contributed by atoms with Crippen LogP contribution < -0.4 is 14.8 Å². The van der Waals surface area contributed by atoms with Crippen molar-refractivity contribution in [1.29, 1.82) is 0 Å². The number of amides is 1. The molecule has 3 aromatic rings. The number of ether oxygens (including phenoxy) is 1. The third kappa shape index (κ3) is 6.08. The molecule has 0 aliphatic carbocycles. The lowest BCUT2D eigenvalue weighted by Crippen LogP contribution is -2.28. The highest BCUT2D eigenvalue weighted by Crippen LogP contribution is 2.29. The number of nitrogens with one attached hydrogen (secondary N) is 2. The van der Waals surface area contributed by atoms with Crippen molar-refractivity contribution in [3.8, 4) is 16.9 Å². The van der Waals surface area contributed by atoms with Gasteiger partial charge in [-0.25, -0.2) is 8.42 Å². The zero-order chi connectivity index (χ0) is 20.7. The number of sulfonamides is 1. The third-order valence-corrected chi connectivity index (χ3v) is 4.65.